The number of nitrogens with zero attached hydrogens (tertiary/aromatic N) is 3. The summed E-state index contributed by atoms with van der Waals surface area (Å²) < 4.78 is 0. The van der Waals surface area contributed by atoms with Crippen molar-refractivity contribution in [3.8, 4) is 12.1 Å². The van der Waals surface area contributed by atoms with Crippen LogP contribution in [0.5, 0.6) is 0 Å². The van der Waals surface area contributed by atoms with Gasteiger partial charge < -0.3 is 5.73 Å². The van der Waals surface area contributed by atoms with Crippen LogP contribution in [0, 0.1) is 34.0 Å². The first kappa shape index (κ1) is 13.4. The van der Waals surface area contributed by atoms with E-state index in [1.54, 1.807) is 0 Å². The minimum absolute atomic E-state index is 0.0788. The average Bonchev–Trinajstić information content (AvgIpc) is 2.27. The van der Waals surface area contributed by atoms with Crippen LogP contribution in [0.1, 0.15) is 39.0 Å². The minimum atomic E-state index is -0.857. The Balaban J connectivity index is 2.54. The predicted octanol–water partition coefficient (Wildman–Crippen LogP) is 1.28. The van der Waals surface area contributed by atoms with Crippen LogP contribution < -0.4 is 5.73 Å². The number of rotatable bonds is 1. The molecule has 2 N–H and O–H groups in total. The van der Waals surface area contributed by atoms with Crippen molar-refractivity contribution >= 4 is 11.9 Å². The number of fused-ring (bicyclic) bond motifs is 2. The lowest BCUT2D eigenvalue weighted by atomic mass is 9.57. The van der Waals surface area contributed by atoms with Gasteiger partial charge in [0, 0.05) is 0 Å². The van der Waals surface area contributed by atoms with Crippen molar-refractivity contribution in [2.45, 2.75) is 44.6 Å². The molecule has 2 rings (SSSR count). The molecule has 3 atom stereocenters. The molecule has 3 amide bonds. The van der Waals surface area contributed by atoms with Crippen molar-refractivity contribution in [3.05, 3.63) is 0 Å². The summed E-state index contributed by atoms with van der Waals surface area (Å²) in [5.41, 5.74) is 4.03. The third-order valence-corrected chi connectivity index (χ3v) is 4.52. The Kier molecular flexibility index (Phi) is 2.98. The molecule has 1 aliphatic carbocycles. The number of hydrogen-bond donors (Lipinski definition) is 1. The number of hydrogen-bond acceptors (Lipinski definition) is 4. The highest BCUT2D eigenvalue weighted by Crippen LogP contribution is 2.54. The lowest BCUT2D eigenvalue weighted by Crippen LogP contribution is -2.67. The number of primary amides is 1. The summed E-state index contributed by atoms with van der Waals surface area (Å²) in [6.07, 6.45) is 2.70. The van der Waals surface area contributed by atoms with E-state index < -0.39 is 28.8 Å². The van der Waals surface area contributed by atoms with Gasteiger partial charge in [-0.1, -0.05) is 13.3 Å². The van der Waals surface area contributed by atoms with Crippen molar-refractivity contribution in [2.75, 3.05) is 0 Å². The van der Waals surface area contributed by atoms with Gasteiger partial charge in [-0.05, 0) is 24.7 Å². The van der Waals surface area contributed by atoms with Crippen LogP contribution in [0.15, 0.2) is 0 Å². The minimum Gasteiger partial charge on any atom is -0.351 e. The SMILES string of the molecule is CC12CCCC(CC#N)(C1)N(C(N)=O)C(=O)C2C#N. The van der Waals surface area contributed by atoms with Gasteiger partial charge in [0.2, 0.25) is 5.91 Å². The van der Waals surface area contributed by atoms with Crippen LogP contribution in [0.4, 0.5) is 4.79 Å². The molecule has 1 aliphatic heterocycles. The molecule has 6 heteroatoms. The van der Waals surface area contributed by atoms with Gasteiger partial charge in [-0.25, -0.2) is 4.79 Å². The molecule has 100 valence electrons. The monoisotopic (exact) mass is 260 g/mol. The molecule has 0 radical (unpaired) electrons. The fourth-order valence-corrected chi connectivity index (χ4v) is 3.78. The second-order valence-corrected chi connectivity index (χ2v) is 5.82. The molecule has 1 heterocycles. The summed E-state index contributed by atoms with van der Waals surface area (Å²) >= 11 is 0. The summed E-state index contributed by atoms with van der Waals surface area (Å²) in [6, 6.07) is 3.21. The average molecular weight is 260 g/mol. The van der Waals surface area contributed by atoms with Crippen molar-refractivity contribution in [3.63, 3.8) is 0 Å². The Labute approximate surface area is 111 Å². The first-order valence-electron chi connectivity index (χ1n) is 6.30. The van der Waals surface area contributed by atoms with E-state index >= 15 is 0 Å². The van der Waals surface area contributed by atoms with Gasteiger partial charge in [-0.15, -0.1) is 0 Å². The second-order valence-electron chi connectivity index (χ2n) is 5.82. The molecular formula is C13H16N4O2. The molecule has 0 aromatic rings. The van der Waals surface area contributed by atoms with Crippen molar-refractivity contribution < 1.29 is 9.59 Å². The number of nitriles is 2. The van der Waals surface area contributed by atoms with Crippen LogP contribution in [0.25, 0.3) is 0 Å². The molecule has 1 saturated carbocycles. The van der Waals surface area contributed by atoms with Gasteiger partial charge in [0.05, 0.1) is 24.1 Å². The predicted molar refractivity (Wildman–Crippen MR) is 65.1 cm³/mol. The lowest BCUT2D eigenvalue weighted by molar-refractivity contribution is -0.153. The third-order valence-electron chi connectivity index (χ3n) is 4.52. The fourth-order valence-electron chi connectivity index (χ4n) is 3.78. The van der Waals surface area contributed by atoms with E-state index in [4.69, 9.17) is 11.0 Å². The normalized spacial score (nSPS) is 37.3. The molecule has 0 aromatic heterocycles. The summed E-state index contributed by atoms with van der Waals surface area (Å²) in [7, 11) is 0. The maximum atomic E-state index is 12.4. The molecule has 19 heavy (non-hydrogen) atoms. The molecule has 2 aliphatic rings. The topological polar surface area (TPSA) is 111 Å². The Morgan fingerprint density at radius 2 is 2.21 bits per heavy atom. The van der Waals surface area contributed by atoms with Crippen LogP contribution in [-0.4, -0.2) is 22.4 Å². The fraction of sp³-hybridized carbons (Fsp3) is 0.692. The molecule has 0 aromatic carbocycles. The molecule has 0 spiro atoms. The van der Waals surface area contributed by atoms with Crippen molar-refractivity contribution in [1.29, 1.82) is 10.5 Å². The Morgan fingerprint density at radius 3 is 2.74 bits per heavy atom. The van der Waals surface area contributed by atoms with Crippen LogP contribution in [0.2, 0.25) is 0 Å². The number of imide groups is 1. The zero-order chi connectivity index (χ0) is 14.3. The number of urea groups is 1. The van der Waals surface area contributed by atoms with Gasteiger partial charge in [-0.3, -0.25) is 9.69 Å². The largest absolute Gasteiger partial charge is 0.351 e. The van der Waals surface area contributed by atoms with E-state index in [0.29, 0.717) is 12.8 Å². The molecular weight excluding hydrogens is 244 g/mol. The standard InChI is InChI=1S/C13H16N4O2/c1-12-3-2-4-13(8-12,5-6-14)17(11(16)19)10(18)9(12)7-15/h9H,2-5,8H2,1H3,(H2,16,19). The van der Waals surface area contributed by atoms with Crippen LogP contribution in [-0.2, 0) is 4.79 Å². The van der Waals surface area contributed by atoms with Gasteiger partial charge in [0.15, 0.2) is 0 Å². The van der Waals surface area contributed by atoms with E-state index in [-0.39, 0.29) is 6.42 Å². The summed E-state index contributed by atoms with van der Waals surface area (Å²) in [4.78, 5) is 25.0. The second kappa shape index (κ2) is 4.24. The third kappa shape index (κ3) is 1.76. The number of nitrogens with two attached hydrogens (primary N) is 1. The Morgan fingerprint density at radius 1 is 1.53 bits per heavy atom. The van der Waals surface area contributed by atoms with Gasteiger partial charge in [0.1, 0.15) is 5.92 Å². The smallest absolute Gasteiger partial charge is 0.322 e. The Bertz CT molecular complexity index is 518. The maximum Gasteiger partial charge on any atom is 0.322 e. The van der Waals surface area contributed by atoms with Crippen LogP contribution >= 0.6 is 0 Å². The lowest BCUT2D eigenvalue weighted by Gasteiger charge is -2.55. The highest BCUT2D eigenvalue weighted by Gasteiger charge is 2.59. The number of amides is 3. The Hall–Kier alpha value is -2.08. The molecule has 2 bridgehead atoms. The van der Waals surface area contributed by atoms with E-state index in [2.05, 4.69) is 6.07 Å². The summed E-state index contributed by atoms with van der Waals surface area (Å²) in [6.45, 7) is 1.89. The summed E-state index contributed by atoms with van der Waals surface area (Å²) in [5.74, 6) is -1.40. The number of likely N-dealkylation sites (tertiary alicyclic amines) is 1. The van der Waals surface area contributed by atoms with E-state index in [0.717, 1.165) is 17.7 Å². The molecule has 2 fully saturated rings. The van der Waals surface area contributed by atoms with Gasteiger partial charge in [-0.2, -0.15) is 10.5 Å². The quantitative estimate of drug-likeness (QED) is 0.765. The van der Waals surface area contributed by atoms with Crippen molar-refractivity contribution in [1.82, 2.24) is 4.90 Å². The highest BCUT2D eigenvalue weighted by atomic mass is 16.2. The highest BCUT2D eigenvalue weighted by molar-refractivity contribution is 5.98. The number of carbonyl (C=O) groups excluding carboxylic acids is 2. The van der Waals surface area contributed by atoms with Gasteiger partial charge >= 0.3 is 6.03 Å². The number of carbonyl (C=O) groups is 2. The molecule has 3 unspecified atom stereocenters. The zero-order valence-electron chi connectivity index (χ0n) is 10.8. The molecule has 6 nitrogen and oxygen atoms in total. The van der Waals surface area contributed by atoms with Gasteiger partial charge in [0.25, 0.3) is 0 Å². The first-order valence-corrected chi connectivity index (χ1v) is 6.30. The van der Waals surface area contributed by atoms with Crippen LogP contribution in [0.3, 0.4) is 0 Å². The van der Waals surface area contributed by atoms with E-state index in [1.165, 1.54) is 0 Å². The van der Waals surface area contributed by atoms with Crippen molar-refractivity contribution in [2.24, 2.45) is 17.1 Å². The number of piperidine rings is 1. The summed E-state index contributed by atoms with van der Waals surface area (Å²) in [5, 5.41) is 18.3. The molecule has 1 saturated heterocycles. The zero-order valence-corrected chi connectivity index (χ0v) is 10.8. The first-order chi connectivity index (χ1) is 8.90. The van der Waals surface area contributed by atoms with E-state index in [9.17, 15) is 14.9 Å². The maximum absolute atomic E-state index is 12.4. The van der Waals surface area contributed by atoms with E-state index in [1.807, 2.05) is 13.0 Å².